The summed E-state index contributed by atoms with van der Waals surface area (Å²) in [4.78, 5) is 26.3. The van der Waals surface area contributed by atoms with Gasteiger partial charge in [0.1, 0.15) is 18.2 Å². The second-order valence-corrected chi connectivity index (χ2v) is 12.3. The van der Waals surface area contributed by atoms with E-state index in [0.29, 0.717) is 33.9 Å². The van der Waals surface area contributed by atoms with Gasteiger partial charge < -0.3 is 19.3 Å². The van der Waals surface area contributed by atoms with E-state index in [1.807, 2.05) is 18.2 Å². The summed E-state index contributed by atoms with van der Waals surface area (Å²) in [7, 11) is 2.17. The van der Waals surface area contributed by atoms with Gasteiger partial charge in [-0.15, -0.1) is 0 Å². The third kappa shape index (κ3) is 7.00. The second-order valence-electron chi connectivity index (χ2n) is 11.9. The molecule has 2 fully saturated rings. The molecule has 0 spiro atoms. The Morgan fingerprint density at radius 2 is 1.81 bits per heavy atom. The summed E-state index contributed by atoms with van der Waals surface area (Å²) in [5.41, 5.74) is 3.47. The Balaban J connectivity index is 1.12. The smallest absolute Gasteiger partial charge is 0.335 e. The van der Waals surface area contributed by atoms with Gasteiger partial charge in [0.25, 0.3) is 0 Å². The highest BCUT2D eigenvalue weighted by Crippen LogP contribution is 2.30. The van der Waals surface area contributed by atoms with Crippen molar-refractivity contribution in [2.75, 3.05) is 33.2 Å². The highest BCUT2D eigenvalue weighted by atomic mass is 35.5. The number of benzene rings is 2. The van der Waals surface area contributed by atoms with Crippen LogP contribution in [0.1, 0.15) is 59.0 Å². The molecule has 0 saturated carbocycles. The van der Waals surface area contributed by atoms with Gasteiger partial charge in [-0.2, -0.15) is 0 Å². The lowest BCUT2D eigenvalue weighted by atomic mass is 9.93. The molecule has 10 heteroatoms. The molecule has 0 radical (unpaired) electrons. The fourth-order valence-corrected chi connectivity index (χ4v) is 6.41. The number of rotatable bonds is 9. The van der Waals surface area contributed by atoms with Crippen molar-refractivity contribution in [3.05, 3.63) is 88.1 Å². The molecule has 0 atom stereocenters. The van der Waals surface area contributed by atoms with E-state index in [2.05, 4.69) is 21.4 Å². The summed E-state index contributed by atoms with van der Waals surface area (Å²) in [6, 6.07) is 15.6. The van der Waals surface area contributed by atoms with E-state index in [4.69, 9.17) is 26.3 Å². The van der Waals surface area contributed by atoms with E-state index in [1.54, 1.807) is 30.3 Å². The molecule has 226 valence electrons. The number of ether oxygens (including phenoxy) is 1. The number of pyridine rings is 1. The molecule has 2 aromatic heterocycles. The minimum atomic E-state index is -0.919. The van der Waals surface area contributed by atoms with E-state index in [1.165, 1.54) is 6.07 Å². The number of halogens is 2. The maximum Gasteiger partial charge on any atom is 0.335 e. The lowest BCUT2D eigenvalue weighted by Crippen LogP contribution is -2.34. The van der Waals surface area contributed by atoms with Gasteiger partial charge in [-0.1, -0.05) is 23.7 Å². The van der Waals surface area contributed by atoms with Crippen molar-refractivity contribution in [1.29, 1.82) is 0 Å². The Morgan fingerprint density at radius 3 is 2.56 bits per heavy atom. The number of fused-ring (bicyclic) bond motifs is 1. The molecule has 0 amide bonds. The first-order valence-corrected chi connectivity index (χ1v) is 15.4. The average Bonchev–Trinajstić information content (AvgIpc) is 3.34. The Morgan fingerprint density at radius 1 is 1.02 bits per heavy atom. The first kappa shape index (κ1) is 29.5. The molecule has 1 N–H and O–H groups in total. The van der Waals surface area contributed by atoms with E-state index in [9.17, 15) is 14.3 Å². The van der Waals surface area contributed by atoms with Gasteiger partial charge in [0, 0.05) is 34.8 Å². The van der Waals surface area contributed by atoms with Gasteiger partial charge in [-0.05, 0) is 101 Å². The molecule has 0 bridgehead atoms. The quantitative estimate of drug-likeness (QED) is 0.242. The van der Waals surface area contributed by atoms with Gasteiger partial charge in [-0.3, -0.25) is 4.90 Å². The first-order valence-electron chi connectivity index (χ1n) is 15.0. The van der Waals surface area contributed by atoms with Crippen LogP contribution in [0.25, 0.3) is 11.0 Å². The number of aromatic nitrogens is 3. The summed E-state index contributed by atoms with van der Waals surface area (Å²) in [6.07, 6.45) is 4.18. The molecule has 6 rings (SSSR count). The fourth-order valence-electron chi connectivity index (χ4n) is 6.25. The van der Waals surface area contributed by atoms with Gasteiger partial charge in [0.05, 0.1) is 23.1 Å². The normalized spacial score (nSPS) is 17.5. The number of nitrogens with zero attached hydrogens (tertiary/aromatic N) is 5. The molecular formula is C33H37ClFN5O3. The maximum atomic E-state index is 14.2. The summed E-state index contributed by atoms with van der Waals surface area (Å²) in [5.74, 6) is 1.03. The minimum absolute atomic E-state index is 0.0877. The monoisotopic (exact) mass is 605 g/mol. The van der Waals surface area contributed by atoms with Crippen LogP contribution in [0.3, 0.4) is 0 Å². The average molecular weight is 606 g/mol. The second kappa shape index (κ2) is 13.0. The Kier molecular flexibility index (Phi) is 8.93. The van der Waals surface area contributed by atoms with Crippen molar-refractivity contribution in [3.8, 4) is 5.88 Å². The Labute approximate surface area is 256 Å². The lowest BCUT2D eigenvalue weighted by molar-refractivity contribution is 0.0697. The van der Waals surface area contributed by atoms with Gasteiger partial charge in [0.2, 0.25) is 5.88 Å². The number of aromatic carboxylic acids is 1. The summed E-state index contributed by atoms with van der Waals surface area (Å²) in [6.45, 7) is 5.65. The summed E-state index contributed by atoms with van der Waals surface area (Å²) < 4.78 is 22.3. The number of hydrogen-bond donors (Lipinski definition) is 1. The number of piperidine rings is 2. The number of carbonyl (C=O) groups is 1. The zero-order valence-electron chi connectivity index (χ0n) is 24.4. The van der Waals surface area contributed by atoms with Gasteiger partial charge in [-0.25, -0.2) is 19.2 Å². The standard InChI is InChI=1S/C33H37ClFN5O3/c1-38-13-9-22(10-14-38)19-40-30-17-24(33(41)42)6-8-29(30)36-31(40)20-39-15-11-23(12-16-39)28-3-2-4-32(37-28)43-21-25-5-7-26(34)18-27(25)35/h2-8,17-18,22-23H,9-16,19-21H2,1H3,(H,41,42). The molecule has 2 aliphatic heterocycles. The molecule has 0 unspecified atom stereocenters. The molecule has 4 heterocycles. The predicted octanol–water partition coefficient (Wildman–Crippen LogP) is 6.22. The number of carboxylic acids is 1. The Hall–Kier alpha value is -3.53. The van der Waals surface area contributed by atoms with Crippen molar-refractivity contribution in [3.63, 3.8) is 0 Å². The molecule has 2 saturated heterocycles. The molecule has 4 aromatic rings. The third-order valence-corrected chi connectivity index (χ3v) is 9.09. The largest absolute Gasteiger partial charge is 0.478 e. The van der Waals surface area contributed by atoms with E-state index in [0.717, 1.165) is 87.5 Å². The highest BCUT2D eigenvalue weighted by molar-refractivity contribution is 6.30. The topological polar surface area (TPSA) is 83.7 Å². The van der Waals surface area contributed by atoms with Crippen molar-refractivity contribution < 1.29 is 19.0 Å². The fraction of sp³-hybridized carbons (Fsp3) is 0.424. The predicted molar refractivity (Wildman–Crippen MR) is 164 cm³/mol. The zero-order chi connectivity index (χ0) is 29.9. The summed E-state index contributed by atoms with van der Waals surface area (Å²) >= 11 is 5.86. The number of imidazole rings is 1. The molecule has 0 aliphatic carbocycles. The van der Waals surface area contributed by atoms with Crippen LogP contribution >= 0.6 is 11.6 Å². The van der Waals surface area contributed by atoms with Crippen LogP contribution < -0.4 is 4.74 Å². The van der Waals surface area contributed by atoms with Crippen LogP contribution in [0.4, 0.5) is 4.39 Å². The zero-order valence-corrected chi connectivity index (χ0v) is 25.1. The highest BCUT2D eigenvalue weighted by Gasteiger charge is 2.25. The van der Waals surface area contributed by atoms with Crippen molar-refractivity contribution in [2.45, 2.75) is 51.3 Å². The number of carboxylic acid groups (broad SMARTS) is 1. The SMILES string of the molecule is CN1CCC(Cn2c(CN3CCC(c4cccc(OCc5ccc(Cl)cc5F)n4)CC3)nc3ccc(C(=O)O)cc32)CC1. The number of hydrogen-bond acceptors (Lipinski definition) is 6. The van der Waals surface area contributed by atoms with Crippen LogP contribution in [-0.2, 0) is 19.7 Å². The molecular weight excluding hydrogens is 569 g/mol. The molecule has 2 aromatic carbocycles. The van der Waals surface area contributed by atoms with E-state index < -0.39 is 11.8 Å². The van der Waals surface area contributed by atoms with Gasteiger partial charge >= 0.3 is 5.97 Å². The molecule has 8 nitrogen and oxygen atoms in total. The van der Waals surface area contributed by atoms with Crippen LogP contribution in [0.2, 0.25) is 5.02 Å². The first-order chi connectivity index (χ1) is 20.8. The molecule has 43 heavy (non-hydrogen) atoms. The van der Waals surface area contributed by atoms with Crippen LogP contribution in [0, 0.1) is 11.7 Å². The van der Waals surface area contributed by atoms with Crippen LogP contribution in [0.15, 0.2) is 54.6 Å². The van der Waals surface area contributed by atoms with Crippen LogP contribution in [0.5, 0.6) is 5.88 Å². The van der Waals surface area contributed by atoms with Crippen LogP contribution in [-0.4, -0.2) is 68.6 Å². The third-order valence-electron chi connectivity index (χ3n) is 8.86. The maximum absolute atomic E-state index is 14.2. The molecule has 2 aliphatic rings. The Bertz CT molecular complexity index is 1590. The van der Waals surface area contributed by atoms with Gasteiger partial charge in [0.15, 0.2) is 0 Å². The minimum Gasteiger partial charge on any atom is -0.478 e. The lowest BCUT2D eigenvalue weighted by Gasteiger charge is -2.32. The summed E-state index contributed by atoms with van der Waals surface area (Å²) in [5, 5.41) is 9.97. The van der Waals surface area contributed by atoms with E-state index >= 15 is 0 Å². The van der Waals surface area contributed by atoms with E-state index in [-0.39, 0.29) is 6.61 Å². The van der Waals surface area contributed by atoms with Crippen molar-refractivity contribution >= 4 is 28.6 Å². The van der Waals surface area contributed by atoms with Crippen molar-refractivity contribution in [2.24, 2.45) is 5.92 Å². The van der Waals surface area contributed by atoms with Crippen molar-refractivity contribution in [1.82, 2.24) is 24.3 Å². The number of likely N-dealkylation sites (tertiary alicyclic amines) is 2.